The number of amides is 3. The molecule has 0 aromatic heterocycles. The van der Waals surface area contributed by atoms with Gasteiger partial charge in [-0.1, -0.05) is 24.9 Å². The summed E-state index contributed by atoms with van der Waals surface area (Å²) in [4.78, 5) is 21.4. The van der Waals surface area contributed by atoms with Crippen LogP contribution in [0.1, 0.15) is 12.0 Å². The number of nitrogens with zero attached hydrogens (tertiary/aromatic N) is 1. The number of carbonyl (C=O) groups excluding carboxylic acids is 2. The van der Waals surface area contributed by atoms with E-state index in [1.54, 1.807) is 24.3 Å². The number of urea groups is 1. The third kappa shape index (κ3) is 3.47. The van der Waals surface area contributed by atoms with Crippen molar-refractivity contribution in [3.05, 3.63) is 29.8 Å². The fourth-order valence-electron chi connectivity index (χ4n) is 1.20. The zero-order chi connectivity index (χ0) is 12.1. The van der Waals surface area contributed by atoms with E-state index < -0.39 is 6.03 Å². The summed E-state index contributed by atoms with van der Waals surface area (Å²) in [6, 6.07) is 6.35. The molecule has 0 aliphatic carbocycles. The average Bonchev–Trinajstić information content (AvgIpc) is 2.26. The van der Waals surface area contributed by atoms with Gasteiger partial charge in [0.05, 0.1) is 5.69 Å². The minimum Gasteiger partial charge on any atom is -0.370 e. The summed E-state index contributed by atoms with van der Waals surface area (Å²) in [7, 11) is 0. The van der Waals surface area contributed by atoms with Gasteiger partial charge in [-0.25, -0.2) is 9.10 Å². The summed E-state index contributed by atoms with van der Waals surface area (Å²) in [5.41, 5.74) is 11.6. The van der Waals surface area contributed by atoms with Crippen LogP contribution in [0.5, 0.6) is 0 Å². The summed E-state index contributed by atoms with van der Waals surface area (Å²) in [6.07, 6.45) is 0.887. The maximum absolute atomic E-state index is 10.8. The second-order valence-electron chi connectivity index (χ2n) is 3.28. The van der Waals surface area contributed by atoms with Crippen LogP contribution in [0.25, 0.3) is 0 Å². The number of primary amides is 2. The topological polar surface area (TPSA) is 89.4 Å². The highest BCUT2D eigenvalue weighted by atomic mass is 32.1. The van der Waals surface area contributed by atoms with E-state index in [0.717, 1.165) is 9.87 Å². The summed E-state index contributed by atoms with van der Waals surface area (Å²) in [6.45, 7) is 0. The van der Waals surface area contributed by atoms with Gasteiger partial charge in [0, 0.05) is 6.42 Å². The molecule has 0 unspecified atom stereocenters. The van der Waals surface area contributed by atoms with E-state index in [2.05, 4.69) is 12.8 Å². The van der Waals surface area contributed by atoms with Gasteiger partial charge in [-0.3, -0.25) is 4.79 Å². The van der Waals surface area contributed by atoms with Crippen LogP contribution in [0.4, 0.5) is 10.5 Å². The molecule has 5 nitrogen and oxygen atoms in total. The predicted molar refractivity (Wildman–Crippen MR) is 65.0 cm³/mol. The molecular formula is C10H13N3O2S. The van der Waals surface area contributed by atoms with Gasteiger partial charge in [-0.2, -0.15) is 0 Å². The first-order chi connectivity index (χ1) is 7.50. The Morgan fingerprint density at radius 1 is 1.19 bits per heavy atom. The smallest absolute Gasteiger partial charge is 0.329 e. The Hall–Kier alpha value is -1.69. The van der Waals surface area contributed by atoms with Gasteiger partial charge < -0.3 is 11.5 Å². The molecule has 0 saturated carbocycles. The molecular weight excluding hydrogens is 226 g/mol. The first-order valence-electron chi connectivity index (χ1n) is 4.66. The van der Waals surface area contributed by atoms with Crippen LogP contribution < -0.4 is 15.8 Å². The number of hydrogen-bond donors (Lipinski definition) is 3. The molecule has 3 amide bonds. The molecule has 0 heterocycles. The Bertz CT molecular complexity index is 392. The Labute approximate surface area is 98.9 Å². The van der Waals surface area contributed by atoms with Gasteiger partial charge in [0.1, 0.15) is 0 Å². The highest BCUT2D eigenvalue weighted by molar-refractivity contribution is 7.82. The van der Waals surface area contributed by atoms with E-state index in [1.165, 1.54) is 0 Å². The number of hydrogen-bond acceptors (Lipinski definition) is 3. The first-order valence-corrected chi connectivity index (χ1v) is 5.06. The summed E-state index contributed by atoms with van der Waals surface area (Å²) < 4.78 is 1.04. The quantitative estimate of drug-likeness (QED) is 0.679. The van der Waals surface area contributed by atoms with Crippen LogP contribution in [0, 0.1) is 0 Å². The number of thiol groups is 1. The molecule has 0 aliphatic heterocycles. The lowest BCUT2D eigenvalue weighted by atomic mass is 10.1. The lowest BCUT2D eigenvalue weighted by molar-refractivity contribution is -0.117. The number of aryl methyl sites for hydroxylation is 1. The molecule has 1 aromatic carbocycles. The minimum absolute atomic E-state index is 0.305. The number of anilines is 1. The van der Waals surface area contributed by atoms with Crippen molar-refractivity contribution >= 4 is 30.4 Å². The Morgan fingerprint density at radius 3 is 2.19 bits per heavy atom. The van der Waals surface area contributed by atoms with Crippen molar-refractivity contribution in [3.8, 4) is 0 Å². The van der Waals surface area contributed by atoms with Gasteiger partial charge in [-0.05, 0) is 24.1 Å². The third-order valence-corrected chi connectivity index (χ3v) is 2.48. The van der Waals surface area contributed by atoms with Crippen molar-refractivity contribution in [3.63, 3.8) is 0 Å². The SMILES string of the molecule is NC(=O)CCc1ccc(N(S)C(N)=O)cc1. The fourth-order valence-corrected chi connectivity index (χ4v) is 1.33. The van der Waals surface area contributed by atoms with Crippen LogP contribution in [-0.4, -0.2) is 11.9 Å². The van der Waals surface area contributed by atoms with Gasteiger partial charge >= 0.3 is 6.03 Å². The summed E-state index contributed by atoms with van der Waals surface area (Å²) >= 11 is 3.92. The molecule has 0 atom stereocenters. The van der Waals surface area contributed by atoms with Crippen molar-refractivity contribution in [2.75, 3.05) is 4.31 Å². The fraction of sp³-hybridized carbons (Fsp3) is 0.200. The maximum Gasteiger partial charge on any atom is 0.329 e. The van der Waals surface area contributed by atoms with Crippen LogP contribution in [0.3, 0.4) is 0 Å². The van der Waals surface area contributed by atoms with E-state index in [9.17, 15) is 9.59 Å². The molecule has 1 aromatic rings. The second-order valence-corrected chi connectivity index (χ2v) is 3.68. The molecule has 16 heavy (non-hydrogen) atoms. The van der Waals surface area contributed by atoms with Crippen molar-refractivity contribution in [2.45, 2.75) is 12.8 Å². The van der Waals surface area contributed by atoms with Crippen molar-refractivity contribution in [1.82, 2.24) is 0 Å². The van der Waals surface area contributed by atoms with Crippen LogP contribution >= 0.6 is 12.8 Å². The highest BCUT2D eigenvalue weighted by Gasteiger charge is 2.07. The summed E-state index contributed by atoms with van der Waals surface area (Å²) in [5.74, 6) is -0.336. The monoisotopic (exact) mass is 239 g/mol. The molecule has 0 saturated heterocycles. The van der Waals surface area contributed by atoms with Crippen molar-refractivity contribution in [2.24, 2.45) is 11.5 Å². The van der Waals surface area contributed by atoms with E-state index in [0.29, 0.717) is 18.5 Å². The molecule has 0 fully saturated rings. The number of nitrogens with two attached hydrogens (primary N) is 2. The maximum atomic E-state index is 10.8. The number of rotatable bonds is 4. The largest absolute Gasteiger partial charge is 0.370 e. The normalized spacial score (nSPS) is 9.81. The van der Waals surface area contributed by atoms with Crippen molar-refractivity contribution in [1.29, 1.82) is 0 Å². The third-order valence-electron chi connectivity index (χ3n) is 2.05. The van der Waals surface area contributed by atoms with E-state index in [1.807, 2.05) is 0 Å². The lowest BCUT2D eigenvalue weighted by Gasteiger charge is -2.12. The molecule has 6 heteroatoms. The number of carbonyl (C=O) groups is 2. The average molecular weight is 239 g/mol. The summed E-state index contributed by atoms with van der Waals surface area (Å²) in [5, 5.41) is 0. The predicted octanol–water partition coefficient (Wildman–Crippen LogP) is 0.834. The highest BCUT2D eigenvalue weighted by Crippen LogP contribution is 2.17. The van der Waals surface area contributed by atoms with Crippen LogP contribution in [0.15, 0.2) is 24.3 Å². The van der Waals surface area contributed by atoms with Gasteiger partial charge in [-0.15, -0.1) is 0 Å². The van der Waals surface area contributed by atoms with E-state index in [-0.39, 0.29) is 5.91 Å². The Balaban J connectivity index is 2.67. The molecule has 0 spiro atoms. The molecule has 0 aliphatic rings. The molecule has 0 bridgehead atoms. The van der Waals surface area contributed by atoms with Gasteiger partial charge in [0.25, 0.3) is 0 Å². The Morgan fingerprint density at radius 2 is 1.75 bits per heavy atom. The lowest BCUT2D eigenvalue weighted by Crippen LogP contribution is -2.27. The van der Waals surface area contributed by atoms with Crippen LogP contribution in [0.2, 0.25) is 0 Å². The minimum atomic E-state index is -0.645. The van der Waals surface area contributed by atoms with Crippen LogP contribution in [-0.2, 0) is 11.2 Å². The Kier molecular flexibility index (Phi) is 4.19. The van der Waals surface area contributed by atoms with E-state index >= 15 is 0 Å². The van der Waals surface area contributed by atoms with Crippen molar-refractivity contribution < 1.29 is 9.59 Å². The number of benzene rings is 1. The second kappa shape index (κ2) is 5.41. The molecule has 0 radical (unpaired) electrons. The zero-order valence-corrected chi connectivity index (χ0v) is 9.48. The first kappa shape index (κ1) is 12.4. The molecule has 86 valence electrons. The molecule has 1 rings (SSSR count). The molecule has 4 N–H and O–H groups in total. The zero-order valence-electron chi connectivity index (χ0n) is 8.59. The standard InChI is InChI=1S/C10H13N3O2S/c11-9(14)6-3-7-1-4-8(5-2-7)13(16)10(12)15/h1-2,4-5,16H,3,6H2,(H2,11,14)(H2,12,15). The van der Waals surface area contributed by atoms with Gasteiger partial charge in [0.15, 0.2) is 0 Å². The van der Waals surface area contributed by atoms with E-state index in [4.69, 9.17) is 11.5 Å². The van der Waals surface area contributed by atoms with Gasteiger partial charge in [0.2, 0.25) is 5.91 Å².